The monoisotopic (exact) mass is 231 g/mol. The van der Waals surface area contributed by atoms with Gasteiger partial charge in [-0.05, 0) is 31.4 Å². The van der Waals surface area contributed by atoms with Crippen LogP contribution in [0.15, 0.2) is 43.0 Å². The highest BCUT2D eigenvalue weighted by molar-refractivity contribution is 5.18. The first-order valence-corrected chi connectivity index (χ1v) is 6.77. The average Bonchev–Trinajstić information content (AvgIpc) is 2.38. The van der Waals surface area contributed by atoms with Crippen LogP contribution in [0.1, 0.15) is 50.6 Å². The highest BCUT2D eigenvalue weighted by Gasteiger charge is 2.08. The molecule has 0 aliphatic heterocycles. The Kier molecular flexibility index (Phi) is 7.40. The molecule has 1 aromatic carbocycles. The first-order valence-electron chi connectivity index (χ1n) is 6.77. The van der Waals surface area contributed by atoms with E-state index in [-0.39, 0.29) is 0 Å². The standard InChI is InChI=1S/C16H25N/c1-3-5-6-7-11-14-16(17-4-2)15-12-9-8-10-13-15/h3,8-10,12-13,16-17H,1,4-7,11,14H2,2H3. The number of rotatable bonds is 9. The molecule has 0 saturated carbocycles. The number of hydrogen-bond acceptors (Lipinski definition) is 1. The van der Waals surface area contributed by atoms with Gasteiger partial charge in [0.15, 0.2) is 0 Å². The van der Waals surface area contributed by atoms with Crippen molar-refractivity contribution in [3.63, 3.8) is 0 Å². The maximum absolute atomic E-state index is 3.76. The molecule has 1 rings (SSSR count). The molecule has 0 aliphatic carbocycles. The molecule has 0 aliphatic rings. The van der Waals surface area contributed by atoms with Crippen LogP contribution in [-0.4, -0.2) is 6.54 Å². The zero-order valence-electron chi connectivity index (χ0n) is 11.0. The van der Waals surface area contributed by atoms with Crippen molar-refractivity contribution in [3.05, 3.63) is 48.6 Å². The molecule has 17 heavy (non-hydrogen) atoms. The minimum Gasteiger partial charge on any atom is -0.310 e. The zero-order chi connectivity index (χ0) is 12.3. The minimum absolute atomic E-state index is 0.518. The van der Waals surface area contributed by atoms with Crippen molar-refractivity contribution in [1.82, 2.24) is 5.32 Å². The lowest BCUT2D eigenvalue weighted by atomic mass is 10.00. The molecule has 0 heterocycles. The van der Waals surface area contributed by atoms with Crippen molar-refractivity contribution < 1.29 is 0 Å². The maximum atomic E-state index is 3.76. The Morgan fingerprint density at radius 2 is 1.94 bits per heavy atom. The zero-order valence-corrected chi connectivity index (χ0v) is 11.0. The third kappa shape index (κ3) is 5.69. The van der Waals surface area contributed by atoms with Gasteiger partial charge in [-0.25, -0.2) is 0 Å². The van der Waals surface area contributed by atoms with Gasteiger partial charge in [0.05, 0.1) is 0 Å². The van der Waals surface area contributed by atoms with Gasteiger partial charge < -0.3 is 5.32 Å². The van der Waals surface area contributed by atoms with E-state index in [1.807, 2.05) is 6.08 Å². The van der Waals surface area contributed by atoms with Crippen LogP contribution in [0.2, 0.25) is 0 Å². The minimum atomic E-state index is 0.518. The first kappa shape index (κ1) is 14.0. The second-order valence-electron chi connectivity index (χ2n) is 4.45. The Morgan fingerprint density at radius 3 is 2.59 bits per heavy atom. The van der Waals surface area contributed by atoms with Crippen LogP contribution in [0.5, 0.6) is 0 Å². The van der Waals surface area contributed by atoms with E-state index < -0.39 is 0 Å². The highest BCUT2D eigenvalue weighted by Crippen LogP contribution is 2.19. The summed E-state index contributed by atoms with van der Waals surface area (Å²) in [4.78, 5) is 0. The number of nitrogens with one attached hydrogen (secondary N) is 1. The SMILES string of the molecule is C=CCCCCCC(NCC)c1ccccc1. The molecule has 0 aromatic heterocycles. The summed E-state index contributed by atoms with van der Waals surface area (Å²) in [6.45, 7) is 6.97. The third-order valence-corrected chi connectivity index (χ3v) is 3.05. The van der Waals surface area contributed by atoms with Crippen molar-refractivity contribution in [2.45, 2.75) is 45.1 Å². The van der Waals surface area contributed by atoms with Crippen LogP contribution in [0.4, 0.5) is 0 Å². The molecule has 1 atom stereocenters. The summed E-state index contributed by atoms with van der Waals surface area (Å²) in [6.07, 6.45) is 8.27. The molecule has 94 valence electrons. The average molecular weight is 231 g/mol. The Labute approximate surface area is 106 Å². The summed E-state index contributed by atoms with van der Waals surface area (Å²) in [5.74, 6) is 0. The lowest BCUT2D eigenvalue weighted by Gasteiger charge is -2.18. The van der Waals surface area contributed by atoms with Crippen molar-refractivity contribution in [1.29, 1.82) is 0 Å². The molecular weight excluding hydrogens is 206 g/mol. The number of hydrogen-bond donors (Lipinski definition) is 1. The van der Waals surface area contributed by atoms with Crippen molar-refractivity contribution in [2.24, 2.45) is 0 Å². The fraction of sp³-hybridized carbons (Fsp3) is 0.500. The molecule has 0 radical (unpaired) electrons. The van der Waals surface area contributed by atoms with Crippen LogP contribution in [0, 0.1) is 0 Å². The lowest BCUT2D eigenvalue weighted by Crippen LogP contribution is -2.20. The predicted molar refractivity (Wildman–Crippen MR) is 76.1 cm³/mol. The second kappa shape index (κ2) is 9.00. The van der Waals surface area contributed by atoms with Crippen LogP contribution in [0.3, 0.4) is 0 Å². The third-order valence-electron chi connectivity index (χ3n) is 3.05. The van der Waals surface area contributed by atoms with Crippen LogP contribution < -0.4 is 5.32 Å². The quantitative estimate of drug-likeness (QED) is 0.488. The smallest absolute Gasteiger partial charge is 0.0320 e. The van der Waals surface area contributed by atoms with Gasteiger partial charge in [-0.3, -0.25) is 0 Å². The van der Waals surface area contributed by atoms with E-state index in [2.05, 4.69) is 49.2 Å². The normalized spacial score (nSPS) is 12.3. The predicted octanol–water partition coefficient (Wildman–Crippen LogP) is 4.47. The molecule has 0 bridgehead atoms. The van der Waals surface area contributed by atoms with E-state index in [1.54, 1.807) is 0 Å². The van der Waals surface area contributed by atoms with Gasteiger partial charge in [-0.2, -0.15) is 0 Å². The van der Waals surface area contributed by atoms with E-state index in [9.17, 15) is 0 Å². The van der Waals surface area contributed by atoms with Crippen LogP contribution in [-0.2, 0) is 0 Å². The van der Waals surface area contributed by atoms with E-state index >= 15 is 0 Å². The van der Waals surface area contributed by atoms with Crippen LogP contribution >= 0.6 is 0 Å². The fourth-order valence-electron chi connectivity index (χ4n) is 2.13. The summed E-state index contributed by atoms with van der Waals surface area (Å²) in [5.41, 5.74) is 1.41. The molecule has 1 unspecified atom stereocenters. The van der Waals surface area contributed by atoms with Gasteiger partial charge in [-0.15, -0.1) is 6.58 Å². The van der Waals surface area contributed by atoms with Gasteiger partial charge in [0.2, 0.25) is 0 Å². The molecule has 1 N–H and O–H groups in total. The number of benzene rings is 1. The van der Waals surface area contributed by atoms with Gasteiger partial charge in [0.1, 0.15) is 0 Å². The van der Waals surface area contributed by atoms with E-state index in [0.29, 0.717) is 6.04 Å². The number of allylic oxidation sites excluding steroid dienone is 1. The molecule has 1 heteroatoms. The molecule has 0 saturated heterocycles. The highest BCUT2D eigenvalue weighted by atomic mass is 14.9. The summed E-state index contributed by atoms with van der Waals surface area (Å²) in [5, 5.41) is 3.57. The van der Waals surface area contributed by atoms with E-state index in [0.717, 1.165) is 13.0 Å². The molecular formula is C16H25N. The Morgan fingerprint density at radius 1 is 1.18 bits per heavy atom. The van der Waals surface area contributed by atoms with Crippen molar-refractivity contribution >= 4 is 0 Å². The van der Waals surface area contributed by atoms with Gasteiger partial charge >= 0.3 is 0 Å². The second-order valence-corrected chi connectivity index (χ2v) is 4.45. The Hall–Kier alpha value is -1.08. The van der Waals surface area contributed by atoms with Gasteiger partial charge in [0, 0.05) is 6.04 Å². The Bertz CT molecular complexity index is 292. The molecule has 0 spiro atoms. The number of unbranched alkanes of at least 4 members (excludes halogenated alkanes) is 3. The molecule has 1 nitrogen and oxygen atoms in total. The van der Waals surface area contributed by atoms with E-state index in [1.165, 1.54) is 31.2 Å². The van der Waals surface area contributed by atoms with Crippen LogP contribution in [0.25, 0.3) is 0 Å². The first-order chi connectivity index (χ1) is 8.38. The maximum Gasteiger partial charge on any atom is 0.0320 e. The molecule has 0 amide bonds. The van der Waals surface area contributed by atoms with Crippen molar-refractivity contribution in [3.8, 4) is 0 Å². The Balaban J connectivity index is 2.36. The van der Waals surface area contributed by atoms with Crippen molar-refractivity contribution in [2.75, 3.05) is 6.54 Å². The van der Waals surface area contributed by atoms with Gasteiger partial charge in [-0.1, -0.05) is 56.2 Å². The summed E-state index contributed by atoms with van der Waals surface area (Å²) < 4.78 is 0. The molecule has 1 aromatic rings. The fourth-order valence-corrected chi connectivity index (χ4v) is 2.13. The summed E-state index contributed by atoms with van der Waals surface area (Å²) >= 11 is 0. The molecule has 0 fully saturated rings. The summed E-state index contributed by atoms with van der Waals surface area (Å²) in [7, 11) is 0. The largest absolute Gasteiger partial charge is 0.310 e. The van der Waals surface area contributed by atoms with Gasteiger partial charge in [0.25, 0.3) is 0 Å². The summed E-state index contributed by atoms with van der Waals surface area (Å²) in [6, 6.07) is 11.3. The van der Waals surface area contributed by atoms with E-state index in [4.69, 9.17) is 0 Å². The topological polar surface area (TPSA) is 12.0 Å². The lowest BCUT2D eigenvalue weighted by molar-refractivity contribution is 0.484.